The van der Waals surface area contributed by atoms with Crippen LogP contribution in [0.15, 0.2) is 17.5 Å². The topological polar surface area (TPSA) is 126 Å². The molecule has 5 heterocycles. The van der Waals surface area contributed by atoms with Gasteiger partial charge in [-0.1, -0.05) is 6.42 Å². The van der Waals surface area contributed by atoms with Gasteiger partial charge >= 0.3 is 0 Å². The SMILES string of the molecule is N#CCCN1[C@@H]2CCC[C@H]1C[C@H](Nc1nc(Nc3cc(CO)[nH]n3)c3ccsc3n1)C2. The number of nitrogens with one attached hydrogen (secondary N) is 3. The first-order chi connectivity index (χ1) is 15.2. The summed E-state index contributed by atoms with van der Waals surface area (Å²) in [7, 11) is 0. The highest BCUT2D eigenvalue weighted by Gasteiger charge is 2.38. The second kappa shape index (κ2) is 8.78. The molecule has 0 unspecified atom stereocenters. The summed E-state index contributed by atoms with van der Waals surface area (Å²) >= 11 is 1.59. The van der Waals surface area contributed by atoms with E-state index in [2.05, 4.69) is 31.8 Å². The molecule has 5 rings (SSSR count). The summed E-state index contributed by atoms with van der Waals surface area (Å²) in [5.41, 5.74) is 0.645. The molecule has 3 aromatic rings. The van der Waals surface area contributed by atoms with Crippen LogP contribution in [0, 0.1) is 11.3 Å². The Balaban J connectivity index is 1.34. The highest BCUT2D eigenvalue weighted by Crippen LogP contribution is 2.36. The fraction of sp³-hybridized carbons (Fsp3) is 0.524. The van der Waals surface area contributed by atoms with Gasteiger partial charge in [0, 0.05) is 37.2 Å². The predicted octanol–water partition coefficient (Wildman–Crippen LogP) is 3.36. The molecule has 0 aliphatic carbocycles. The second-order valence-corrected chi connectivity index (χ2v) is 9.19. The van der Waals surface area contributed by atoms with Crippen molar-refractivity contribution in [1.82, 2.24) is 25.1 Å². The molecule has 0 saturated carbocycles. The Labute approximate surface area is 184 Å². The summed E-state index contributed by atoms with van der Waals surface area (Å²) in [5, 5.41) is 35.1. The maximum Gasteiger partial charge on any atom is 0.226 e. The van der Waals surface area contributed by atoms with Gasteiger partial charge in [0.1, 0.15) is 10.6 Å². The number of aromatic amines is 1. The van der Waals surface area contributed by atoms with Crippen LogP contribution in [-0.4, -0.2) is 54.8 Å². The molecule has 2 aliphatic rings. The molecule has 2 aliphatic heterocycles. The zero-order chi connectivity index (χ0) is 21.2. The van der Waals surface area contributed by atoms with E-state index >= 15 is 0 Å². The van der Waals surface area contributed by atoms with Crippen molar-refractivity contribution < 1.29 is 5.11 Å². The van der Waals surface area contributed by atoms with E-state index < -0.39 is 0 Å². The minimum absolute atomic E-state index is 0.0888. The fourth-order valence-electron chi connectivity index (χ4n) is 4.97. The molecule has 2 bridgehead atoms. The zero-order valence-electron chi connectivity index (χ0n) is 17.2. The third-order valence-corrected chi connectivity index (χ3v) is 7.12. The van der Waals surface area contributed by atoms with Crippen LogP contribution >= 0.6 is 11.3 Å². The van der Waals surface area contributed by atoms with E-state index in [4.69, 9.17) is 15.2 Å². The molecule has 162 valence electrons. The van der Waals surface area contributed by atoms with Gasteiger partial charge in [-0.15, -0.1) is 11.3 Å². The summed E-state index contributed by atoms with van der Waals surface area (Å²) in [6.45, 7) is 0.790. The Morgan fingerprint density at radius 2 is 2.13 bits per heavy atom. The van der Waals surface area contributed by atoms with Gasteiger partial charge in [-0.2, -0.15) is 15.3 Å². The number of aromatic nitrogens is 4. The lowest BCUT2D eigenvalue weighted by Crippen LogP contribution is -2.55. The number of anilines is 3. The number of hydrogen-bond acceptors (Lipinski definition) is 9. The number of hydrogen-bond donors (Lipinski definition) is 4. The van der Waals surface area contributed by atoms with Crippen molar-refractivity contribution in [2.45, 2.75) is 63.3 Å². The van der Waals surface area contributed by atoms with Crippen molar-refractivity contribution in [2.75, 3.05) is 17.2 Å². The Hall–Kier alpha value is -2.74. The molecular formula is C21H26N8OS. The maximum atomic E-state index is 9.26. The van der Waals surface area contributed by atoms with Crippen LogP contribution < -0.4 is 10.6 Å². The first-order valence-corrected chi connectivity index (χ1v) is 11.7. The fourth-order valence-corrected chi connectivity index (χ4v) is 5.73. The predicted molar refractivity (Wildman–Crippen MR) is 120 cm³/mol. The minimum Gasteiger partial charge on any atom is -0.390 e. The first kappa shape index (κ1) is 20.2. The van der Waals surface area contributed by atoms with Crippen LogP contribution in [0.2, 0.25) is 0 Å². The third kappa shape index (κ3) is 4.21. The Kier molecular flexibility index (Phi) is 5.72. The lowest BCUT2D eigenvalue weighted by Gasteiger charge is -2.48. The van der Waals surface area contributed by atoms with Gasteiger partial charge in [0.15, 0.2) is 5.82 Å². The molecule has 31 heavy (non-hydrogen) atoms. The van der Waals surface area contributed by atoms with E-state index in [-0.39, 0.29) is 6.61 Å². The van der Waals surface area contributed by atoms with Gasteiger partial charge in [0.2, 0.25) is 5.95 Å². The number of nitrogens with zero attached hydrogens (tertiary/aromatic N) is 5. The van der Waals surface area contributed by atoms with Gasteiger partial charge in [0.05, 0.1) is 23.8 Å². The van der Waals surface area contributed by atoms with Crippen LogP contribution in [0.3, 0.4) is 0 Å². The number of fused-ring (bicyclic) bond motifs is 3. The Morgan fingerprint density at radius 3 is 2.87 bits per heavy atom. The van der Waals surface area contributed by atoms with E-state index in [9.17, 15) is 5.11 Å². The highest BCUT2D eigenvalue weighted by atomic mass is 32.1. The average Bonchev–Trinajstić information content (AvgIpc) is 3.41. The molecule has 0 radical (unpaired) electrons. The van der Waals surface area contributed by atoms with E-state index in [0.717, 1.165) is 29.6 Å². The standard InChI is InChI=1S/C21H26N8OS/c22-6-2-7-29-15-3-1-4-16(29)10-13(9-15)23-21-25-19(17-5-8-31-20(17)26-21)24-18-11-14(12-30)27-28-18/h5,8,11,13,15-16,30H,1-4,7,9-10,12H2,(H3,23,24,25,26,27,28)/t13-,15-,16+. The Morgan fingerprint density at radius 1 is 1.29 bits per heavy atom. The second-order valence-electron chi connectivity index (χ2n) is 8.29. The number of thiophene rings is 1. The number of aliphatic hydroxyl groups is 1. The van der Waals surface area contributed by atoms with Crippen molar-refractivity contribution in [1.29, 1.82) is 5.26 Å². The summed E-state index contributed by atoms with van der Waals surface area (Å²) < 4.78 is 0. The zero-order valence-corrected chi connectivity index (χ0v) is 18.0. The molecule has 0 amide bonds. The molecule has 3 atom stereocenters. The summed E-state index contributed by atoms with van der Waals surface area (Å²) in [6, 6.07) is 7.45. The number of aliphatic hydroxyl groups excluding tert-OH is 1. The van der Waals surface area contributed by atoms with Crippen molar-refractivity contribution in [3.63, 3.8) is 0 Å². The number of piperidine rings is 2. The normalized spacial score (nSPS) is 23.5. The maximum absolute atomic E-state index is 9.26. The smallest absolute Gasteiger partial charge is 0.226 e. The van der Waals surface area contributed by atoms with Gasteiger partial charge in [-0.05, 0) is 37.1 Å². The number of rotatable bonds is 7. The Bertz CT molecular complexity index is 1070. The summed E-state index contributed by atoms with van der Waals surface area (Å²) in [4.78, 5) is 13.0. The van der Waals surface area contributed by atoms with E-state index in [0.29, 0.717) is 47.8 Å². The van der Waals surface area contributed by atoms with Gasteiger partial charge in [-0.25, -0.2) is 4.98 Å². The lowest BCUT2D eigenvalue weighted by molar-refractivity contribution is 0.0369. The van der Waals surface area contributed by atoms with Crippen molar-refractivity contribution in [3.8, 4) is 6.07 Å². The van der Waals surface area contributed by atoms with Crippen LogP contribution in [0.4, 0.5) is 17.6 Å². The summed E-state index contributed by atoms with van der Waals surface area (Å²) in [5.74, 6) is 1.95. The third-order valence-electron chi connectivity index (χ3n) is 6.31. The largest absolute Gasteiger partial charge is 0.390 e. The molecule has 2 saturated heterocycles. The van der Waals surface area contributed by atoms with Crippen LogP contribution in [-0.2, 0) is 6.61 Å². The molecule has 9 nitrogen and oxygen atoms in total. The quantitative estimate of drug-likeness (QED) is 0.442. The first-order valence-electron chi connectivity index (χ1n) is 10.8. The average molecular weight is 439 g/mol. The molecule has 0 spiro atoms. The monoisotopic (exact) mass is 438 g/mol. The van der Waals surface area contributed by atoms with Gasteiger partial charge in [-0.3, -0.25) is 10.00 Å². The van der Waals surface area contributed by atoms with Crippen LogP contribution in [0.1, 0.15) is 44.2 Å². The van der Waals surface area contributed by atoms with Crippen LogP contribution in [0.25, 0.3) is 10.2 Å². The molecule has 10 heteroatoms. The van der Waals surface area contributed by atoms with Crippen molar-refractivity contribution >= 4 is 39.1 Å². The van der Waals surface area contributed by atoms with Gasteiger partial charge in [0.25, 0.3) is 0 Å². The molecule has 3 aromatic heterocycles. The van der Waals surface area contributed by atoms with Crippen molar-refractivity contribution in [3.05, 3.63) is 23.2 Å². The lowest BCUT2D eigenvalue weighted by atomic mass is 9.81. The number of nitriles is 1. The van der Waals surface area contributed by atoms with E-state index in [1.54, 1.807) is 17.4 Å². The van der Waals surface area contributed by atoms with Crippen molar-refractivity contribution in [2.24, 2.45) is 0 Å². The molecule has 0 aromatic carbocycles. The van der Waals surface area contributed by atoms with E-state index in [1.807, 2.05) is 11.4 Å². The molecule has 4 N–H and O–H groups in total. The van der Waals surface area contributed by atoms with Crippen LogP contribution in [0.5, 0.6) is 0 Å². The highest BCUT2D eigenvalue weighted by molar-refractivity contribution is 7.16. The molecular weight excluding hydrogens is 412 g/mol. The molecule has 2 fully saturated rings. The number of H-pyrrole nitrogens is 1. The van der Waals surface area contributed by atoms with Gasteiger partial charge < -0.3 is 15.7 Å². The minimum atomic E-state index is -0.0888. The summed E-state index contributed by atoms with van der Waals surface area (Å²) in [6.07, 6.45) is 6.37. The van der Waals surface area contributed by atoms with E-state index in [1.165, 1.54) is 19.3 Å².